The molecule has 0 radical (unpaired) electrons. The number of anilines is 1. The molecule has 0 unspecified atom stereocenters. The molecule has 1 aliphatic heterocycles. The molecule has 1 aromatic heterocycles. The molecule has 0 bridgehead atoms. The fourth-order valence-electron chi connectivity index (χ4n) is 1.49. The normalized spacial score (nSPS) is 15.8. The first kappa shape index (κ1) is 14.5. The van der Waals surface area contributed by atoms with Crippen molar-refractivity contribution in [1.29, 1.82) is 0 Å². The first-order chi connectivity index (χ1) is 7.16. The van der Waals surface area contributed by atoms with E-state index >= 15 is 0 Å². The van der Waals surface area contributed by atoms with Crippen LogP contribution in [0, 0.1) is 6.92 Å². The van der Waals surface area contributed by atoms with Gasteiger partial charge in [0.2, 0.25) is 5.13 Å². The van der Waals surface area contributed by atoms with Crippen LogP contribution in [0.25, 0.3) is 0 Å². The topological polar surface area (TPSA) is 32.3 Å². The summed E-state index contributed by atoms with van der Waals surface area (Å²) < 4.78 is 4.75. The molecule has 1 fully saturated rings. The number of piperazine rings is 1. The summed E-state index contributed by atoms with van der Waals surface area (Å²) in [5.74, 6) is 0.844. The Labute approximate surface area is 132 Å². The number of aryl methyl sites for hydroxylation is 1. The summed E-state index contributed by atoms with van der Waals surface area (Å²) in [7, 11) is 0. The molecule has 0 amide bonds. The number of thiocarbonyl (C=S) groups is 1. The average Bonchev–Trinajstić information content (AvgIpc) is 2.65. The van der Waals surface area contributed by atoms with E-state index in [4.69, 9.17) is 24.8 Å². The van der Waals surface area contributed by atoms with Crippen molar-refractivity contribution in [2.24, 2.45) is 0 Å². The van der Waals surface area contributed by atoms with Gasteiger partial charge < -0.3 is 34.6 Å². The van der Waals surface area contributed by atoms with Crippen LogP contribution >= 0.6 is 23.8 Å². The van der Waals surface area contributed by atoms with Gasteiger partial charge in [0.1, 0.15) is 5.82 Å². The maximum absolute atomic E-state index is 4.97. The smallest absolute Gasteiger partial charge is 0.411 e. The van der Waals surface area contributed by atoms with Gasteiger partial charge in [-0.05, 0) is 6.92 Å². The molecule has 2 heterocycles. The standard InChI is InChI=1S/C8H12N4S3.Na/c1-6-9-7(15-10-6)11-2-4-12(5-3-11)8(13)14;/h2-5H2,1H3,(H,13,14);/q;+1/p-1. The van der Waals surface area contributed by atoms with Gasteiger partial charge in [-0.25, -0.2) is 4.98 Å². The summed E-state index contributed by atoms with van der Waals surface area (Å²) in [6, 6.07) is 0. The van der Waals surface area contributed by atoms with Gasteiger partial charge in [0.15, 0.2) is 0 Å². The summed E-state index contributed by atoms with van der Waals surface area (Å²) >= 11 is 11.4. The fraction of sp³-hybridized carbons (Fsp3) is 0.625. The van der Waals surface area contributed by atoms with E-state index in [9.17, 15) is 0 Å². The Hall–Kier alpha value is 0.470. The number of hydrogen-bond acceptors (Lipinski definition) is 6. The van der Waals surface area contributed by atoms with Crippen LogP contribution in [0.15, 0.2) is 0 Å². The van der Waals surface area contributed by atoms with Crippen molar-refractivity contribution in [3.05, 3.63) is 5.82 Å². The van der Waals surface area contributed by atoms with Crippen LogP contribution in [0.4, 0.5) is 5.13 Å². The average molecular weight is 282 g/mol. The molecule has 16 heavy (non-hydrogen) atoms. The van der Waals surface area contributed by atoms with Gasteiger partial charge in [0, 0.05) is 37.7 Å². The van der Waals surface area contributed by atoms with Crippen LogP contribution < -0.4 is 34.5 Å². The molecule has 0 N–H and O–H groups in total. The summed E-state index contributed by atoms with van der Waals surface area (Å²) in [6.45, 7) is 5.54. The maximum Gasteiger partial charge on any atom is 1.00 e. The molecule has 1 saturated heterocycles. The minimum atomic E-state index is 0. The van der Waals surface area contributed by atoms with Crippen LogP contribution in [-0.2, 0) is 12.6 Å². The molecule has 2 rings (SSSR count). The largest absolute Gasteiger partial charge is 1.00 e. The van der Waals surface area contributed by atoms with Gasteiger partial charge in [0.25, 0.3) is 0 Å². The summed E-state index contributed by atoms with van der Waals surface area (Å²) in [6.07, 6.45) is 0. The van der Waals surface area contributed by atoms with E-state index in [1.807, 2.05) is 6.92 Å². The monoisotopic (exact) mass is 282 g/mol. The van der Waals surface area contributed by atoms with Gasteiger partial charge in [-0.3, -0.25) is 0 Å². The fourth-order valence-corrected chi connectivity index (χ4v) is 2.59. The Morgan fingerprint density at radius 1 is 1.38 bits per heavy atom. The van der Waals surface area contributed by atoms with Gasteiger partial charge in [-0.2, -0.15) is 4.37 Å². The van der Waals surface area contributed by atoms with E-state index in [1.54, 1.807) is 0 Å². The molecule has 0 aliphatic carbocycles. The molecular formula is C8H11N4NaS3. The number of rotatable bonds is 1. The quantitative estimate of drug-likeness (QED) is 0.330. The second-order valence-electron chi connectivity index (χ2n) is 3.36. The van der Waals surface area contributed by atoms with Crippen molar-refractivity contribution < 1.29 is 29.6 Å². The molecule has 8 heteroatoms. The first-order valence-electron chi connectivity index (χ1n) is 4.68. The molecule has 4 nitrogen and oxygen atoms in total. The second kappa shape index (κ2) is 6.42. The van der Waals surface area contributed by atoms with Crippen LogP contribution in [0.5, 0.6) is 0 Å². The molecule has 1 aliphatic rings. The van der Waals surface area contributed by atoms with E-state index in [2.05, 4.69) is 19.2 Å². The number of hydrogen-bond donors (Lipinski definition) is 0. The third-order valence-corrected chi connectivity index (χ3v) is 3.71. The SMILES string of the molecule is Cc1nsc(N2CCN(C(=S)[S-])CC2)n1.[Na+]. The number of nitrogens with zero attached hydrogens (tertiary/aromatic N) is 4. The second-order valence-corrected chi connectivity index (χ2v) is 5.13. The molecule has 0 aromatic carbocycles. The van der Waals surface area contributed by atoms with Crippen molar-refractivity contribution >= 4 is 45.8 Å². The molecule has 0 saturated carbocycles. The van der Waals surface area contributed by atoms with E-state index in [1.165, 1.54) is 11.5 Å². The van der Waals surface area contributed by atoms with E-state index in [0.29, 0.717) is 4.32 Å². The molecule has 0 atom stereocenters. The van der Waals surface area contributed by atoms with Crippen LogP contribution in [0.2, 0.25) is 0 Å². The predicted molar refractivity (Wildman–Crippen MR) is 68.4 cm³/mol. The maximum atomic E-state index is 4.97. The van der Waals surface area contributed by atoms with Crippen molar-refractivity contribution in [1.82, 2.24) is 14.3 Å². The molecule has 1 aromatic rings. The Kier molecular flexibility index (Phi) is 5.83. The van der Waals surface area contributed by atoms with Crippen LogP contribution in [0.3, 0.4) is 0 Å². The van der Waals surface area contributed by atoms with Gasteiger partial charge >= 0.3 is 29.6 Å². The molecular weight excluding hydrogens is 271 g/mol. The third-order valence-electron chi connectivity index (χ3n) is 2.33. The molecule has 82 valence electrons. The van der Waals surface area contributed by atoms with Gasteiger partial charge in [0.05, 0.1) is 0 Å². The third kappa shape index (κ3) is 3.48. The first-order valence-corrected chi connectivity index (χ1v) is 6.27. The Morgan fingerprint density at radius 2 is 2.00 bits per heavy atom. The van der Waals surface area contributed by atoms with E-state index < -0.39 is 0 Å². The van der Waals surface area contributed by atoms with E-state index in [0.717, 1.165) is 37.1 Å². The minimum absolute atomic E-state index is 0. The zero-order chi connectivity index (χ0) is 10.8. The van der Waals surface area contributed by atoms with Gasteiger partial charge in [-0.15, -0.1) is 0 Å². The summed E-state index contributed by atoms with van der Waals surface area (Å²) in [4.78, 5) is 8.64. The van der Waals surface area contributed by atoms with Crippen molar-refractivity contribution in [2.45, 2.75) is 6.92 Å². The van der Waals surface area contributed by atoms with Crippen LogP contribution in [-0.4, -0.2) is 44.8 Å². The summed E-state index contributed by atoms with van der Waals surface area (Å²) in [5.41, 5.74) is 0. The minimum Gasteiger partial charge on any atom is -0.411 e. The number of aromatic nitrogens is 2. The van der Waals surface area contributed by atoms with Crippen LogP contribution in [0.1, 0.15) is 5.82 Å². The predicted octanol–water partition coefficient (Wildman–Crippen LogP) is -2.20. The van der Waals surface area contributed by atoms with Crippen molar-refractivity contribution in [3.8, 4) is 0 Å². The van der Waals surface area contributed by atoms with Gasteiger partial charge in [-0.1, -0.05) is 4.32 Å². The zero-order valence-corrected chi connectivity index (χ0v) is 13.8. The Bertz CT molecular complexity index is 362. The van der Waals surface area contributed by atoms with E-state index in [-0.39, 0.29) is 29.6 Å². The Morgan fingerprint density at radius 3 is 2.44 bits per heavy atom. The molecule has 0 spiro atoms. The summed E-state index contributed by atoms with van der Waals surface area (Å²) in [5, 5.41) is 1.00. The zero-order valence-electron chi connectivity index (χ0n) is 9.34. The van der Waals surface area contributed by atoms with Crippen molar-refractivity contribution in [3.63, 3.8) is 0 Å². The Balaban J connectivity index is 0.00000128. The van der Waals surface area contributed by atoms with Crippen molar-refractivity contribution in [2.75, 3.05) is 31.1 Å².